The van der Waals surface area contributed by atoms with Crippen molar-refractivity contribution in [3.63, 3.8) is 0 Å². The fraction of sp³-hybridized carbons (Fsp3) is 0.417. The van der Waals surface area contributed by atoms with Crippen LogP contribution in [0.5, 0.6) is 0 Å². The van der Waals surface area contributed by atoms with E-state index >= 15 is 0 Å². The van der Waals surface area contributed by atoms with Crippen LogP contribution in [0.3, 0.4) is 0 Å². The van der Waals surface area contributed by atoms with Crippen LogP contribution in [0.1, 0.15) is 37.8 Å². The lowest BCUT2D eigenvalue weighted by Gasteiger charge is -2.12. The molecule has 0 bridgehead atoms. The summed E-state index contributed by atoms with van der Waals surface area (Å²) in [6, 6.07) is 5.64. The summed E-state index contributed by atoms with van der Waals surface area (Å²) in [6.07, 6.45) is 1.35. The maximum atomic E-state index is 11.9. The largest absolute Gasteiger partial charge is 0.411 e. The van der Waals surface area contributed by atoms with Gasteiger partial charge < -0.3 is 5.21 Å². The summed E-state index contributed by atoms with van der Waals surface area (Å²) in [7, 11) is -0.980. The van der Waals surface area contributed by atoms with Gasteiger partial charge in [0.25, 0.3) is 0 Å². The number of hydrogen-bond acceptors (Lipinski definition) is 3. The van der Waals surface area contributed by atoms with Gasteiger partial charge in [-0.1, -0.05) is 38.1 Å². The van der Waals surface area contributed by atoms with Crippen molar-refractivity contribution in [2.24, 2.45) is 5.16 Å². The highest BCUT2D eigenvalue weighted by molar-refractivity contribution is 7.85. The van der Waals surface area contributed by atoms with Gasteiger partial charge in [-0.05, 0) is 23.1 Å². The van der Waals surface area contributed by atoms with Gasteiger partial charge in [-0.15, -0.1) is 0 Å². The molecule has 1 atom stereocenters. The van der Waals surface area contributed by atoms with Crippen molar-refractivity contribution in [3.05, 3.63) is 29.3 Å². The number of oxime groups is 1. The highest BCUT2D eigenvalue weighted by Gasteiger charge is 2.11. The highest BCUT2D eigenvalue weighted by Crippen LogP contribution is 2.23. The van der Waals surface area contributed by atoms with E-state index in [-0.39, 0.29) is 0 Å². The van der Waals surface area contributed by atoms with Crippen LogP contribution in [0, 0.1) is 0 Å². The number of rotatable bonds is 4. The monoisotopic (exact) mass is 239 g/mol. The van der Waals surface area contributed by atoms with E-state index in [4.69, 9.17) is 5.21 Å². The van der Waals surface area contributed by atoms with E-state index < -0.39 is 10.8 Å². The second-order valence-electron chi connectivity index (χ2n) is 3.83. The fourth-order valence-electron chi connectivity index (χ4n) is 1.53. The van der Waals surface area contributed by atoms with Gasteiger partial charge >= 0.3 is 0 Å². The summed E-state index contributed by atoms with van der Waals surface area (Å²) in [5, 5.41) is 11.5. The number of nitrogens with zero attached hydrogens (tertiary/aromatic N) is 1. The molecular formula is C12H17NO2S. The van der Waals surface area contributed by atoms with Gasteiger partial charge in [0.15, 0.2) is 0 Å². The van der Waals surface area contributed by atoms with Crippen LogP contribution in [0.4, 0.5) is 0 Å². The van der Waals surface area contributed by atoms with Crippen LogP contribution in [-0.2, 0) is 10.8 Å². The minimum Gasteiger partial charge on any atom is -0.411 e. The molecule has 1 aromatic rings. The Hall–Kier alpha value is -1.16. The topological polar surface area (TPSA) is 49.7 Å². The SMILES string of the molecule is CCS(=O)c1cc(/C=N/O)ccc1C(C)C. The van der Waals surface area contributed by atoms with E-state index in [1.807, 2.05) is 25.1 Å². The van der Waals surface area contributed by atoms with Crippen molar-refractivity contribution >= 4 is 17.0 Å². The first-order valence-electron chi connectivity index (χ1n) is 5.29. The number of hydrogen-bond donors (Lipinski definition) is 1. The molecule has 0 aliphatic heterocycles. The molecule has 0 aliphatic rings. The standard InChI is InChI=1S/C12H17NO2S/c1-4-16(15)12-7-10(8-13-14)5-6-11(12)9(2)3/h5-9,14H,4H2,1-3H3/b13-8+. The van der Waals surface area contributed by atoms with E-state index in [2.05, 4.69) is 19.0 Å². The Labute approximate surface area is 98.6 Å². The lowest BCUT2D eigenvalue weighted by Crippen LogP contribution is -2.02. The average molecular weight is 239 g/mol. The van der Waals surface area contributed by atoms with Crippen LogP contribution < -0.4 is 0 Å². The summed E-state index contributed by atoms with van der Waals surface area (Å²) in [5.74, 6) is 0.935. The van der Waals surface area contributed by atoms with Gasteiger partial charge in [-0.25, -0.2) is 0 Å². The van der Waals surface area contributed by atoms with Crippen LogP contribution >= 0.6 is 0 Å². The summed E-state index contributed by atoms with van der Waals surface area (Å²) >= 11 is 0. The van der Waals surface area contributed by atoms with Crippen molar-refractivity contribution in [1.82, 2.24) is 0 Å². The van der Waals surface area contributed by atoms with Gasteiger partial charge in [0.1, 0.15) is 0 Å². The van der Waals surface area contributed by atoms with Crippen molar-refractivity contribution in [1.29, 1.82) is 0 Å². The lowest BCUT2D eigenvalue weighted by atomic mass is 10.0. The van der Waals surface area contributed by atoms with E-state index in [0.29, 0.717) is 11.7 Å². The van der Waals surface area contributed by atoms with E-state index in [9.17, 15) is 4.21 Å². The molecule has 3 nitrogen and oxygen atoms in total. The highest BCUT2D eigenvalue weighted by atomic mass is 32.2. The minimum atomic E-state index is -0.980. The first-order valence-corrected chi connectivity index (χ1v) is 6.61. The quantitative estimate of drug-likeness (QED) is 0.499. The Kier molecular flexibility index (Phi) is 4.68. The zero-order chi connectivity index (χ0) is 12.1. The van der Waals surface area contributed by atoms with Gasteiger partial charge in [0.2, 0.25) is 0 Å². The first-order chi connectivity index (χ1) is 7.60. The second kappa shape index (κ2) is 5.80. The molecule has 0 radical (unpaired) electrons. The molecule has 1 aromatic carbocycles. The Morgan fingerprint density at radius 2 is 2.19 bits per heavy atom. The van der Waals surface area contributed by atoms with E-state index in [0.717, 1.165) is 16.0 Å². The Morgan fingerprint density at radius 3 is 2.69 bits per heavy atom. The molecule has 0 amide bonds. The predicted octanol–water partition coefficient (Wildman–Crippen LogP) is 2.75. The Balaban J connectivity index is 3.26. The maximum absolute atomic E-state index is 11.9. The average Bonchev–Trinajstić information content (AvgIpc) is 2.28. The summed E-state index contributed by atoms with van der Waals surface area (Å²) < 4.78 is 11.9. The lowest BCUT2D eigenvalue weighted by molar-refractivity contribution is 0.322. The van der Waals surface area contributed by atoms with Crippen molar-refractivity contribution in [2.45, 2.75) is 31.6 Å². The third-order valence-electron chi connectivity index (χ3n) is 2.37. The van der Waals surface area contributed by atoms with E-state index in [1.165, 1.54) is 6.21 Å². The molecule has 0 heterocycles. The zero-order valence-corrected chi connectivity index (χ0v) is 10.6. The van der Waals surface area contributed by atoms with Gasteiger partial charge in [0.05, 0.1) is 17.0 Å². The molecule has 88 valence electrons. The third kappa shape index (κ3) is 2.92. The predicted molar refractivity (Wildman–Crippen MR) is 66.9 cm³/mol. The molecule has 0 aliphatic carbocycles. The third-order valence-corrected chi connectivity index (χ3v) is 3.74. The smallest absolute Gasteiger partial charge is 0.0734 e. The van der Waals surface area contributed by atoms with Gasteiger partial charge in [-0.2, -0.15) is 0 Å². The number of benzene rings is 1. The molecule has 0 aromatic heterocycles. The molecule has 1 rings (SSSR count). The Morgan fingerprint density at radius 1 is 1.50 bits per heavy atom. The van der Waals surface area contributed by atoms with Crippen LogP contribution in [0.15, 0.2) is 28.3 Å². The molecular weight excluding hydrogens is 222 g/mol. The van der Waals surface area contributed by atoms with E-state index in [1.54, 1.807) is 0 Å². The zero-order valence-electron chi connectivity index (χ0n) is 9.80. The molecule has 1 unspecified atom stereocenters. The van der Waals surface area contributed by atoms with Gasteiger partial charge in [-0.3, -0.25) is 4.21 Å². The molecule has 16 heavy (non-hydrogen) atoms. The molecule has 0 spiro atoms. The minimum absolute atomic E-state index is 0.339. The van der Waals surface area contributed by atoms with Crippen LogP contribution in [-0.4, -0.2) is 21.4 Å². The first kappa shape index (κ1) is 12.9. The van der Waals surface area contributed by atoms with Gasteiger partial charge in [0, 0.05) is 10.6 Å². The molecule has 0 saturated carbocycles. The molecule has 4 heteroatoms. The molecule has 0 fully saturated rings. The fourth-order valence-corrected chi connectivity index (χ4v) is 2.67. The molecule has 1 N–H and O–H groups in total. The van der Waals surface area contributed by atoms with Crippen molar-refractivity contribution in [3.8, 4) is 0 Å². The second-order valence-corrected chi connectivity index (χ2v) is 5.54. The van der Waals surface area contributed by atoms with Crippen LogP contribution in [0.25, 0.3) is 0 Å². The van der Waals surface area contributed by atoms with Crippen molar-refractivity contribution < 1.29 is 9.42 Å². The van der Waals surface area contributed by atoms with Crippen molar-refractivity contribution in [2.75, 3.05) is 5.75 Å². The summed E-state index contributed by atoms with van der Waals surface area (Å²) in [4.78, 5) is 0.843. The normalized spacial score (nSPS) is 13.5. The summed E-state index contributed by atoms with van der Waals surface area (Å²) in [5.41, 5.74) is 1.86. The van der Waals surface area contributed by atoms with Crippen LogP contribution in [0.2, 0.25) is 0 Å². The summed E-state index contributed by atoms with van der Waals surface area (Å²) in [6.45, 7) is 6.05. The Bertz CT molecular complexity index is 413. The molecule has 0 saturated heterocycles. The maximum Gasteiger partial charge on any atom is 0.0734 e.